The van der Waals surface area contributed by atoms with Gasteiger partial charge in [-0.25, -0.2) is 19.2 Å². The van der Waals surface area contributed by atoms with E-state index in [0.717, 1.165) is 24.0 Å². The molecule has 12 nitrogen and oxygen atoms in total. The highest BCUT2D eigenvalue weighted by Gasteiger charge is 2.36. The number of esters is 2. The van der Waals surface area contributed by atoms with Gasteiger partial charge in [0.25, 0.3) is 0 Å². The van der Waals surface area contributed by atoms with E-state index in [1.807, 2.05) is 48.5 Å². The monoisotopic (exact) mass is 634 g/mol. The second-order valence-electron chi connectivity index (χ2n) is 10.9. The molecule has 2 aliphatic heterocycles. The summed E-state index contributed by atoms with van der Waals surface area (Å²) in [6.07, 6.45) is 1.52. The third-order valence-electron chi connectivity index (χ3n) is 8.00. The number of urea groups is 2. The van der Waals surface area contributed by atoms with E-state index in [2.05, 4.69) is 10.6 Å². The van der Waals surface area contributed by atoms with Gasteiger partial charge < -0.3 is 39.4 Å². The molecule has 246 valence electrons. The summed E-state index contributed by atoms with van der Waals surface area (Å²) in [4.78, 5) is 53.0. The summed E-state index contributed by atoms with van der Waals surface area (Å²) in [5, 5.41) is 5.74. The number of amides is 4. The first-order chi connectivity index (χ1) is 22.1. The van der Waals surface area contributed by atoms with Gasteiger partial charge in [-0.05, 0) is 75.9 Å². The van der Waals surface area contributed by atoms with Crippen LogP contribution in [0.2, 0.25) is 0 Å². The average Bonchev–Trinajstić information content (AvgIpc) is 3.04. The molecule has 0 aromatic heterocycles. The summed E-state index contributed by atoms with van der Waals surface area (Å²) >= 11 is 0. The standard InChI is InChI=1S/C34H42N4O8/c1-7-43-31(39)27-21(3)37(5)33(41)35-29(27)23-11-15-25(16-12-23)45-19-9-10-20-46-26-17-13-24(14-18-26)30-28(32(40)44-8-2)22(4)38(6)34(42)36-30/h11-18,29-30H,7-10,19-20H2,1-6H3,(H,35,41)(H,36,42). The van der Waals surface area contributed by atoms with Gasteiger partial charge in [-0.1, -0.05) is 24.3 Å². The van der Waals surface area contributed by atoms with Crippen molar-refractivity contribution in [3.63, 3.8) is 0 Å². The van der Waals surface area contributed by atoms with Crippen LogP contribution in [0, 0.1) is 0 Å². The van der Waals surface area contributed by atoms with E-state index < -0.39 is 24.0 Å². The zero-order valence-electron chi connectivity index (χ0n) is 27.2. The van der Waals surface area contributed by atoms with Crippen LogP contribution in [0.3, 0.4) is 0 Å². The number of allylic oxidation sites excluding steroid dienone is 2. The number of rotatable bonds is 13. The van der Waals surface area contributed by atoms with Gasteiger partial charge in [-0.3, -0.25) is 0 Å². The Balaban J connectivity index is 1.26. The highest BCUT2D eigenvalue weighted by Crippen LogP contribution is 2.33. The van der Waals surface area contributed by atoms with E-state index in [4.69, 9.17) is 18.9 Å². The molecule has 2 unspecified atom stereocenters. The van der Waals surface area contributed by atoms with Gasteiger partial charge in [0, 0.05) is 25.5 Å². The molecule has 2 aromatic rings. The lowest BCUT2D eigenvalue weighted by Gasteiger charge is -2.33. The van der Waals surface area contributed by atoms with Crippen molar-refractivity contribution in [1.82, 2.24) is 20.4 Å². The predicted molar refractivity (Wildman–Crippen MR) is 170 cm³/mol. The summed E-state index contributed by atoms with van der Waals surface area (Å²) in [5.74, 6) is 0.420. The molecule has 2 N–H and O–H groups in total. The topological polar surface area (TPSA) is 136 Å². The lowest BCUT2D eigenvalue weighted by molar-refractivity contribution is -0.140. The second-order valence-corrected chi connectivity index (χ2v) is 10.9. The molecule has 0 saturated carbocycles. The van der Waals surface area contributed by atoms with Gasteiger partial charge >= 0.3 is 24.0 Å². The Hall–Kier alpha value is -5.00. The fraction of sp³-hybridized carbons (Fsp3) is 0.412. The maximum absolute atomic E-state index is 12.7. The van der Waals surface area contributed by atoms with Gasteiger partial charge in [-0.2, -0.15) is 0 Å². The van der Waals surface area contributed by atoms with Crippen molar-refractivity contribution in [2.24, 2.45) is 0 Å². The van der Waals surface area contributed by atoms with Crippen LogP contribution in [0.5, 0.6) is 11.5 Å². The molecule has 2 heterocycles. The van der Waals surface area contributed by atoms with Crippen LogP contribution in [0.15, 0.2) is 71.1 Å². The van der Waals surface area contributed by atoms with Crippen molar-refractivity contribution in [2.45, 2.75) is 52.6 Å². The van der Waals surface area contributed by atoms with E-state index in [1.165, 1.54) is 9.80 Å². The van der Waals surface area contributed by atoms with Gasteiger partial charge in [0.1, 0.15) is 11.5 Å². The first-order valence-electron chi connectivity index (χ1n) is 15.4. The molecule has 0 radical (unpaired) electrons. The summed E-state index contributed by atoms with van der Waals surface area (Å²) < 4.78 is 22.3. The number of benzene rings is 2. The quantitative estimate of drug-likeness (QED) is 0.232. The van der Waals surface area contributed by atoms with Gasteiger partial charge in [0.2, 0.25) is 0 Å². The van der Waals surface area contributed by atoms with Crippen LogP contribution in [0.4, 0.5) is 9.59 Å². The zero-order chi connectivity index (χ0) is 33.4. The van der Waals surface area contributed by atoms with E-state index in [0.29, 0.717) is 47.3 Å². The summed E-state index contributed by atoms with van der Waals surface area (Å²) in [5.41, 5.74) is 3.39. The lowest BCUT2D eigenvalue weighted by atomic mass is 9.95. The van der Waals surface area contributed by atoms with Crippen molar-refractivity contribution >= 4 is 24.0 Å². The molecule has 4 rings (SSSR count). The largest absolute Gasteiger partial charge is 0.494 e. The second kappa shape index (κ2) is 15.3. The van der Waals surface area contributed by atoms with E-state index in [1.54, 1.807) is 41.8 Å². The smallest absolute Gasteiger partial charge is 0.338 e. The van der Waals surface area contributed by atoms with Crippen LogP contribution in [-0.4, -0.2) is 74.3 Å². The van der Waals surface area contributed by atoms with Gasteiger partial charge in [0.05, 0.1) is 49.7 Å². The average molecular weight is 635 g/mol. The van der Waals surface area contributed by atoms with Crippen molar-refractivity contribution in [1.29, 1.82) is 0 Å². The Morgan fingerprint density at radius 2 is 1.00 bits per heavy atom. The molecule has 46 heavy (non-hydrogen) atoms. The molecule has 12 heteroatoms. The zero-order valence-corrected chi connectivity index (χ0v) is 27.2. The predicted octanol–water partition coefficient (Wildman–Crippen LogP) is 4.99. The van der Waals surface area contributed by atoms with Crippen LogP contribution in [-0.2, 0) is 19.1 Å². The Bertz CT molecular complexity index is 1390. The van der Waals surface area contributed by atoms with E-state index in [9.17, 15) is 19.2 Å². The van der Waals surface area contributed by atoms with E-state index in [-0.39, 0.29) is 25.3 Å². The number of carbonyl (C=O) groups excluding carboxylic acids is 4. The molecule has 0 fully saturated rings. The lowest BCUT2D eigenvalue weighted by Crippen LogP contribution is -2.46. The summed E-state index contributed by atoms with van der Waals surface area (Å²) in [6, 6.07) is 12.7. The van der Waals surface area contributed by atoms with Crippen molar-refractivity contribution in [3.8, 4) is 11.5 Å². The Morgan fingerprint density at radius 3 is 1.33 bits per heavy atom. The molecule has 4 amide bonds. The molecule has 0 saturated heterocycles. The minimum Gasteiger partial charge on any atom is -0.494 e. The first kappa shape index (κ1) is 33.9. The number of nitrogens with one attached hydrogen (secondary N) is 2. The Kier molecular flexibility index (Phi) is 11.3. The minimum atomic E-state index is -0.619. The minimum absolute atomic E-state index is 0.237. The molecule has 2 aliphatic rings. The SMILES string of the molecule is CCOC(=O)C1=C(C)N(C)C(=O)NC1c1ccc(OCCCCOc2ccc(C3NC(=O)N(C)C(C)=C3C(=O)OCC)cc2)cc1. The highest BCUT2D eigenvalue weighted by atomic mass is 16.5. The van der Waals surface area contributed by atoms with Crippen LogP contribution >= 0.6 is 0 Å². The normalized spacial score (nSPS) is 18.2. The number of carbonyl (C=O) groups is 4. The number of ether oxygens (including phenoxy) is 4. The molecule has 0 aliphatic carbocycles. The van der Waals surface area contributed by atoms with Crippen LogP contribution in [0.1, 0.15) is 63.7 Å². The maximum Gasteiger partial charge on any atom is 0.338 e. The van der Waals surface area contributed by atoms with E-state index >= 15 is 0 Å². The number of nitrogens with zero attached hydrogens (tertiary/aromatic N) is 2. The number of unbranched alkanes of at least 4 members (excludes halogenated alkanes) is 1. The fourth-order valence-electron chi connectivity index (χ4n) is 5.21. The highest BCUT2D eigenvalue weighted by molar-refractivity contribution is 5.95. The molecule has 2 atom stereocenters. The summed E-state index contributed by atoms with van der Waals surface area (Å²) in [6.45, 7) is 8.38. The Labute approximate surface area is 269 Å². The van der Waals surface area contributed by atoms with Gasteiger partial charge in [0.15, 0.2) is 0 Å². The number of hydrogen-bond donors (Lipinski definition) is 2. The summed E-state index contributed by atoms with van der Waals surface area (Å²) in [7, 11) is 3.22. The van der Waals surface area contributed by atoms with Crippen LogP contribution < -0.4 is 20.1 Å². The first-order valence-corrected chi connectivity index (χ1v) is 15.4. The third kappa shape index (κ3) is 7.61. The molecular formula is C34H42N4O8. The third-order valence-corrected chi connectivity index (χ3v) is 8.00. The number of hydrogen-bond acceptors (Lipinski definition) is 8. The molecular weight excluding hydrogens is 592 g/mol. The molecule has 0 bridgehead atoms. The van der Waals surface area contributed by atoms with Crippen molar-refractivity contribution in [2.75, 3.05) is 40.5 Å². The van der Waals surface area contributed by atoms with Gasteiger partial charge in [-0.15, -0.1) is 0 Å². The molecule has 2 aromatic carbocycles. The van der Waals surface area contributed by atoms with Crippen LogP contribution in [0.25, 0.3) is 0 Å². The van der Waals surface area contributed by atoms with Crippen molar-refractivity contribution in [3.05, 3.63) is 82.2 Å². The molecule has 0 spiro atoms. The maximum atomic E-state index is 12.7. The Morgan fingerprint density at radius 1 is 0.652 bits per heavy atom. The fourth-order valence-corrected chi connectivity index (χ4v) is 5.21. The van der Waals surface area contributed by atoms with Crippen molar-refractivity contribution < 1.29 is 38.1 Å².